The average Bonchev–Trinajstić information content (AvgIpc) is 2.83. The maximum atomic E-state index is 12.5. The molecular weight excluding hydrogens is 328 g/mol. The minimum Gasteiger partial charge on any atom is -0.545 e. The Balaban J connectivity index is 1.82. The fourth-order valence-electron chi connectivity index (χ4n) is 3.25. The molecule has 0 radical (unpaired) electrons. The summed E-state index contributed by atoms with van der Waals surface area (Å²) in [7, 11) is 0. The van der Waals surface area contributed by atoms with Crippen molar-refractivity contribution in [2.24, 2.45) is 5.92 Å². The molecule has 132 valence electrons. The number of carbonyl (C=O) groups excluding carboxylic acids is 2. The molecule has 1 N–H and O–H groups in total. The Hall–Kier alpha value is -1.60. The van der Waals surface area contributed by atoms with Crippen LogP contribution in [0.15, 0.2) is 0 Å². The first-order valence-corrected chi connectivity index (χ1v) is 9.14. The summed E-state index contributed by atoms with van der Waals surface area (Å²) in [6.45, 7) is 7.81. The van der Waals surface area contributed by atoms with Gasteiger partial charge in [0.25, 0.3) is 0 Å². The van der Waals surface area contributed by atoms with E-state index in [9.17, 15) is 14.7 Å². The summed E-state index contributed by atoms with van der Waals surface area (Å²) < 4.78 is 5.75. The third-order valence-electron chi connectivity index (χ3n) is 4.78. The number of likely N-dealkylation sites (tertiary alicyclic amines) is 1. The van der Waals surface area contributed by atoms with Crippen LogP contribution < -0.4 is 10.4 Å². The number of nitrogens with zero attached hydrogens (tertiary/aromatic N) is 1. The SMILES string of the molecule is CC1CCN(C(=O)Nc2sc3c(c2C(=O)[O-])CC(C)(C)OC3)CC1. The zero-order valence-corrected chi connectivity index (χ0v) is 15.1. The highest BCUT2D eigenvalue weighted by molar-refractivity contribution is 7.16. The van der Waals surface area contributed by atoms with Crippen LogP contribution in [0.25, 0.3) is 0 Å². The number of carboxylic acids is 1. The Bertz CT molecular complexity index is 660. The Morgan fingerprint density at radius 3 is 2.62 bits per heavy atom. The van der Waals surface area contributed by atoms with Crippen molar-refractivity contribution >= 4 is 28.3 Å². The first kappa shape index (κ1) is 17.2. The highest BCUT2D eigenvalue weighted by Crippen LogP contribution is 2.40. The van der Waals surface area contributed by atoms with Crippen LogP contribution in [-0.2, 0) is 17.8 Å². The minimum absolute atomic E-state index is 0.116. The number of aromatic carboxylic acids is 1. The summed E-state index contributed by atoms with van der Waals surface area (Å²) in [5.41, 5.74) is 0.437. The Morgan fingerprint density at radius 2 is 2.00 bits per heavy atom. The van der Waals surface area contributed by atoms with Gasteiger partial charge in [-0.25, -0.2) is 4.79 Å². The van der Waals surface area contributed by atoms with Gasteiger partial charge in [0.15, 0.2) is 0 Å². The second-order valence-corrected chi connectivity index (χ2v) is 8.43. The third-order valence-corrected chi connectivity index (χ3v) is 5.90. The number of amides is 2. The fourth-order valence-corrected chi connectivity index (χ4v) is 4.35. The molecule has 1 aromatic rings. The van der Waals surface area contributed by atoms with E-state index >= 15 is 0 Å². The molecular formula is C17H23N2O4S-. The molecule has 2 aliphatic rings. The van der Waals surface area contributed by atoms with Gasteiger partial charge in [-0.1, -0.05) is 6.92 Å². The molecule has 2 aliphatic heterocycles. The molecule has 0 aromatic carbocycles. The number of thiophene rings is 1. The first-order valence-electron chi connectivity index (χ1n) is 8.32. The van der Waals surface area contributed by atoms with Crippen molar-refractivity contribution in [2.45, 2.75) is 52.2 Å². The topological polar surface area (TPSA) is 81.7 Å². The average molecular weight is 351 g/mol. The smallest absolute Gasteiger partial charge is 0.322 e. The van der Waals surface area contributed by atoms with Crippen LogP contribution in [0.5, 0.6) is 0 Å². The molecule has 7 heteroatoms. The Kier molecular flexibility index (Phi) is 4.57. The predicted octanol–water partition coefficient (Wildman–Crippen LogP) is 2.23. The number of rotatable bonds is 2. The van der Waals surface area contributed by atoms with E-state index in [2.05, 4.69) is 12.2 Å². The molecule has 0 bridgehead atoms. The molecule has 0 saturated carbocycles. The van der Waals surface area contributed by atoms with E-state index in [1.54, 1.807) is 4.90 Å². The molecule has 0 aliphatic carbocycles. The van der Waals surface area contributed by atoms with Crippen LogP contribution in [0.1, 0.15) is 54.4 Å². The van der Waals surface area contributed by atoms with E-state index in [1.165, 1.54) is 11.3 Å². The van der Waals surface area contributed by atoms with Gasteiger partial charge in [0.1, 0.15) is 5.00 Å². The summed E-state index contributed by atoms with van der Waals surface area (Å²) in [6, 6.07) is -0.233. The van der Waals surface area contributed by atoms with Gasteiger partial charge < -0.3 is 19.5 Å². The lowest BCUT2D eigenvalue weighted by molar-refractivity contribution is -0.255. The lowest BCUT2D eigenvalue weighted by Gasteiger charge is -2.31. The number of piperidine rings is 1. The quantitative estimate of drug-likeness (QED) is 0.886. The van der Waals surface area contributed by atoms with Gasteiger partial charge in [0.05, 0.1) is 18.2 Å². The second-order valence-electron chi connectivity index (χ2n) is 7.32. The largest absolute Gasteiger partial charge is 0.545 e. The molecule has 1 aromatic heterocycles. The van der Waals surface area contributed by atoms with Gasteiger partial charge in [-0.2, -0.15) is 0 Å². The summed E-state index contributed by atoms with van der Waals surface area (Å²) in [6.07, 6.45) is 2.45. The highest BCUT2D eigenvalue weighted by atomic mass is 32.1. The van der Waals surface area contributed by atoms with Crippen LogP contribution in [0.2, 0.25) is 0 Å². The van der Waals surface area contributed by atoms with Crippen molar-refractivity contribution < 1.29 is 19.4 Å². The van der Waals surface area contributed by atoms with E-state index in [4.69, 9.17) is 4.74 Å². The van der Waals surface area contributed by atoms with Crippen LogP contribution >= 0.6 is 11.3 Å². The van der Waals surface area contributed by atoms with Gasteiger partial charge in [0, 0.05) is 30.0 Å². The zero-order chi connectivity index (χ0) is 17.5. The van der Waals surface area contributed by atoms with E-state index in [0.717, 1.165) is 23.3 Å². The maximum absolute atomic E-state index is 12.5. The molecule has 6 nitrogen and oxygen atoms in total. The number of carboxylic acid groups (broad SMARTS) is 1. The maximum Gasteiger partial charge on any atom is 0.322 e. The minimum atomic E-state index is -1.24. The van der Waals surface area contributed by atoms with Gasteiger partial charge in [-0.3, -0.25) is 5.32 Å². The molecule has 3 rings (SSSR count). The number of ether oxygens (including phenoxy) is 1. The number of fused-ring (bicyclic) bond motifs is 1. The normalized spacial score (nSPS) is 20.5. The van der Waals surface area contributed by atoms with Crippen molar-refractivity contribution in [3.63, 3.8) is 0 Å². The van der Waals surface area contributed by atoms with Crippen LogP contribution in [0.3, 0.4) is 0 Å². The summed E-state index contributed by atoms with van der Waals surface area (Å²) in [5, 5.41) is 14.8. The third kappa shape index (κ3) is 3.42. The first-order chi connectivity index (χ1) is 11.3. The molecule has 1 saturated heterocycles. The van der Waals surface area contributed by atoms with Crippen molar-refractivity contribution in [3.8, 4) is 0 Å². The number of hydrogen-bond donors (Lipinski definition) is 1. The van der Waals surface area contributed by atoms with Crippen molar-refractivity contribution in [1.29, 1.82) is 0 Å². The van der Waals surface area contributed by atoms with Crippen LogP contribution in [0.4, 0.5) is 9.80 Å². The Labute approximate surface area is 145 Å². The van der Waals surface area contributed by atoms with E-state index in [-0.39, 0.29) is 11.6 Å². The fraction of sp³-hybridized carbons (Fsp3) is 0.647. The zero-order valence-electron chi connectivity index (χ0n) is 14.3. The summed E-state index contributed by atoms with van der Waals surface area (Å²) >= 11 is 1.28. The lowest BCUT2D eigenvalue weighted by atomic mass is 9.93. The van der Waals surface area contributed by atoms with Gasteiger partial charge >= 0.3 is 6.03 Å². The molecule has 3 heterocycles. The number of anilines is 1. The van der Waals surface area contributed by atoms with Crippen molar-refractivity contribution in [2.75, 3.05) is 18.4 Å². The Morgan fingerprint density at radius 1 is 1.33 bits per heavy atom. The molecule has 2 amide bonds. The van der Waals surface area contributed by atoms with Crippen molar-refractivity contribution in [1.82, 2.24) is 4.90 Å². The number of urea groups is 1. The number of nitrogens with one attached hydrogen (secondary N) is 1. The monoisotopic (exact) mass is 351 g/mol. The standard InChI is InChI=1S/C17H24N2O4S/c1-10-4-6-19(7-5-10)16(22)18-14-13(15(20)21)11-8-17(2,3)23-9-12(11)24-14/h10H,4-9H2,1-3H3,(H,18,22)(H,20,21)/p-1. The van der Waals surface area contributed by atoms with E-state index in [0.29, 0.717) is 37.0 Å². The lowest BCUT2D eigenvalue weighted by Crippen LogP contribution is -2.40. The van der Waals surface area contributed by atoms with Crippen LogP contribution in [-0.4, -0.2) is 35.6 Å². The van der Waals surface area contributed by atoms with E-state index in [1.807, 2.05) is 13.8 Å². The van der Waals surface area contributed by atoms with Gasteiger partial charge in [-0.15, -0.1) is 11.3 Å². The summed E-state index contributed by atoms with van der Waals surface area (Å²) in [4.78, 5) is 26.7. The molecule has 0 unspecified atom stereocenters. The summed E-state index contributed by atoms with van der Waals surface area (Å²) in [5.74, 6) is -0.617. The molecule has 24 heavy (non-hydrogen) atoms. The number of carbonyl (C=O) groups is 2. The van der Waals surface area contributed by atoms with Crippen molar-refractivity contribution in [3.05, 3.63) is 16.0 Å². The second kappa shape index (κ2) is 6.37. The van der Waals surface area contributed by atoms with Gasteiger partial charge in [-0.05, 0) is 38.2 Å². The molecule has 0 atom stereocenters. The number of hydrogen-bond acceptors (Lipinski definition) is 5. The van der Waals surface area contributed by atoms with E-state index < -0.39 is 11.6 Å². The van der Waals surface area contributed by atoms with Gasteiger partial charge in [0.2, 0.25) is 0 Å². The molecule has 1 fully saturated rings. The highest BCUT2D eigenvalue weighted by Gasteiger charge is 2.32. The molecule has 0 spiro atoms. The van der Waals surface area contributed by atoms with Crippen LogP contribution in [0, 0.1) is 5.92 Å². The predicted molar refractivity (Wildman–Crippen MR) is 90.2 cm³/mol.